The van der Waals surface area contributed by atoms with E-state index in [1.807, 2.05) is 12.1 Å². The molecule has 0 aliphatic rings. The van der Waals surface area contributed by atoms with Crippen molar-refractivity contribution in [2.45, 2.75) is 71.1 Å². The molecule has 0 spiro atoms. The molecule has 0 bridgehead atoms. The van der Waals surface area contributed by atoms with Crippen LogP contribution in [0.5, 0.6) is 0 Å². The first-order chi connectivity index (χ1) is 9.38. The molecule has 0 atom stereocenters. The van der Waals surface area contributed by atoms with Gasteiger partial charge in [0.05, 0.1) is 0 Å². The molecule has 0 saturated carbocycles. The van der Waals surface area contributed by atoms with E-state index in [-0.39, 0.29) is 0 Å². The van der Waals surface area contributed by atoms with E-state index >= 15 is 0 Å². The molecule has 1 aromatic rings. The van der Waals surface area contributed by atoms with Crippen LogP contribution in [0.2, 0.25) is 0 Å². The lowest BCUT2D eigenvalue weighted by molar-refractivity contribution is 0.564. The van der Waals surface area contributed by atoms with Crippen molar-refractivity contribution in [1.29, 1.82) is 5.26 Å². The second-order valence-electron chi connectivity index (χ2n) is 5.20. The van der Waals surface area contributed by atoms with Crippen molar-refractivity contribution < 1.29 is 0 Å². The van der Waals surface area contributed by atoms with Crippen molar-refractivity contribution in [3.05, 3.63) is 29.6 Å². The van der Waals surface area contributed by atoms with Gasteiger partial charge in [-0.3, -0.25) is 0 Å². The van der Waals surface area contributed by atoms with Crippen molar-refractivity contribution in [1.82, 2.24) is 4.98 Å². The lowest BCUT2D eigenvalue weighted by atomic mass is 10.0. The van der Waals surface area contributed by atoms with E-state index in [0.717, 1.165) is 12.0 Å². The number of aromatic nitrogens is 1. The third kappa shape index (κ3) is 6.96. The standard InChI is InChI=1S/C17H26N2/c1-2-3-4-5-6-7-8-9-10-12-16-13-11-14-19-17(16)15-18/h11,13-14H,2-10,12H2,1H3. The highest BCUT2D eigenvalue weighted by Gasteiger charge is 2.01. The summed E-state index contributed by atoms with van der Waals surface area (Å²) >= 11 is 0. The Morgan fingerprint density at radius 2 is 1.63 bits per heavy atom. The Morgan fingerprint density at radius 1 is 1.00 bits per heavy atom. The number of pyridine rings is 1. The molecule has 0 saturated heterocycles. The fourth-order valence-corrected chi connectivity index (χ4v) is 2.37. The number of aryl methyl sites for hydroxylation is 1. The van der Waals surface area contributed by atoms with Crippen LogP contribution in [-0.2, 0) is 6.42 Å². The fraction of sp³-hybridized carbons (Fsp3) is 0.647. The molecular weight excluding hydrogens is 232 g/mol. The highest BCUT2D eigenvalue weighted by atomic mass is 14.7. The highest BCUT2D eigenvalue weighted by Crippen LogP contribution is 2.13. The summed E-state index contributed by atoms with van der Waals surface area (Å²) < 4.78 is 0. The van der Waals surface area contributed by atoms with Crippen LogP contribution < -0.4 is 0 Å². The van der Waals surface area contributed by atoms with Gasteiger partial charge in [-0.05, 0) is 24.5 Å². The van der Waals surface area contributed by atoms with Gasteiger partial charge in [0.1, 0.15) is 11.8 Å². The van der Waals surface area contributed by atoms with Crippen LogP contribution >= 0.6 is 0 Å². The molecule has 2 heteroatoms. The van der Waals surface area contributed by atoms with Gasteiger partial charge in [0.2, 0.25) is 0 Å². The third-order valence-electron chi connectivity index (χ3n) is 3.55. The van der Waals surface area contributed by atoms with Gasteiger partial charge in [0.25, 0.3) is 0 Å². The molecule has 0 fully saturated rings. The topological polar surface area (TPSA) is 36.7 Å². The van der Waals surface area contributed by atoms with E-state index in [2.05, 4.69) is 18.0 Å². The number of hydrogen-bond donors (Lipinski definition) is 0. The maximum absolute atomic E-state index is 8.95. The van der Waals surface area contributed by atoms with E-state index < -0.39 is 0 Å². The molecule has 1 heterocycles. The zero-order valence-corrected chi connectivity index (χ0v) is 12.2. The number of hydrogen-bond acceptors (Lipinski definition) is 2. The molecule has 0 radical (unpaired) electrons. The van der Waals surface area contributed by atoms with Gasteiger partial charge in [-0.2, -0.15) is 5.26 Å². The minimum atomic E-state index is 0.599. The molecular formula is C17H26N2. The first kappa shape index (κ1) is 15.7. The van der Waals surface area contributed by atoms with Gasteiger partial charge in [-0.1, -0.05) is 64.4 Å². The lowest BCUT2D eigenvalue weighted by Gasteiger charge is -2.03. The summed E-state index contributed by atoms with van der Waals surface area (Å²) in [5.41, 5.74) is 1.70. The maximum Gasteiger partial charge on any atom is 0.143 e. The first-order valence-corrected chi connectivity index (χ1v) is 7.72. The summed E-state index contributed by atoms with van der Waals surface area (Å²) in [6.07, 6.45) is 14.7. The zero-order chi connectivity index (χ0) is 13.8. The minimum Gasteiger partial charge on any atom is -0.245 e. The zero-order valence-electron chi connectivity index (χ0n) is 12.2. The SMILES string of the molecule is CCCCCCCCCCCc1cccnc1C#N. The van der Waals surface area contributed by atoms with Gasteiger partial charge in [0, 0.05) is 6.20 Å². The molecule has 1 rings (SSSR count). The monoisotopic (exact) mass is 258 g/mol. The number of unbranched alkanes of at least 4 members (excludes halogenated alkanes) is 8. The second kappa shape index (κ2) is 10.6. The molecule has 0 aliphatic carbocycles. The molecule has 0 aliphatic heterocycles. The van der Waals surface area contributed by atoms with E-state index in [1.54, 1.807) is 6.20 Å². The van der Waals surface area contributed by atoms with Gasteiger partial charge in [0.15, 0.2) is 0 Å². The lowest BCUT2D eigenvalue weighted by Crippen LogP contribution is -1.93. The smallest absolute Gasteiger partial charge is 0.143 e. The van der Waals surface area contributed by atoms with Crippen molar-refractivity contribution >= 4 is 0 Å². The van der Waals surface area contributed by atoms with Crippen LogP contribution in [0.25, 0.3) is 0 Å². The van der Waals surface area contributed by atoms with E-state index in [9.17, 15) is 0 Å². The molecule has 0 unspecified atom stereocenters. The van der Waals surface area contributed by atoms with Crippen molar-refractivity contribution in [2.24, 2.45) is 0 Å². The van der Waals surface area contributed by atoms with Crippen LogP contribution in [0.3, 0.4) is 0 Å². The van der Waals surface area contributed by atoms with Crippen molar-refractivity contribution in [2.75, 3.05) is 0 Å². The highest BCUT2D eigenvalue weighted by molar-refractivity contribution is 5.30. The summed E-state index contributed by atoms with van der Waals surface area (Å²) in [5.74, 6) is 0. The Kier molecular flexibility index (Phi) is 8.72. The van der Waals surface area contributed by atoms with Crippen LogP contribution in [0.1, 0.15) is 76.0 Å². The Labute approximate surface area is 117 Å². The van der Waals surface area contributed by atoms with Crippen molar-refractivity contribution in [3.63, 3.8) is 0 Å². The Bertz CT molecular complexity index is 379. The number of rotatable bonds is 10. The molecule has 0 amide bonds. The van der Waals surface area contributed by atoms with Gasteiger partial charge < -0.3 is 0 Å². The largest absolute Gasteiger partial charge is 0.245 e. The molecule has 0 aromatic carbocycles. The summed E-state index contributed by atoms with van der Waals surface area (Å²) in [6.45, 7) is 2.26. The predicted octanol–water partition coefficient (Wildman–Crippen LogP) is 5.03. The quantitative estimate of drug-likeness (QED) is 0.552. The van der Waals surface area contributed by atoms with Crippen molar-refractivity contribution in [3.8, 4) is 6.07 Å². The predicted molar refractivity (Wildman–Crippen MR) is 79.9 cm³/mol. The van der Waals surface area contributed by atoms with Crippen LogP contribution in [0, 0.1) is 11.3 Å². The normalized spacial score (nSPS) is 10.3. The fourth-order valence-electron chi connectivity index (χ4n) is 2.37. The van der Waals surface area contributed by atoms with Crippen LogP contribution in [0.4, 0.5) is 0 Å². The van der Waals surface area contributed by atoms with E-state index in [4.69, 9.17) is 5.26 Å². The molecule has 2 nitrogen and oxygen atoms in total. The van der Waals surface area contributed by atoms with E-state index in [1.165, 1.54) is 57.8 Å². The average Bonchev–Trinajstić information content (AvgIpc) is 2.46. The molecule has 19 heavy (non-hydrogen) atoms. The Balaban J connectivity index is 2.03. The summed E-state index contributed by atoms with van der Waals surface area (Å²) in [4.78, 5) is 4.09. The molecule has 0 N–H and O–H groups in total. The maximum atomic E-state index is 8.95. The molecule has 1 aromatic heterocycles. The number of nitrogens with zero attached hydrogens (tertiary/aromatic N) is 2. The Hall–Kier alpha value is -1.36. The number of nitriles is 1. The Morgan fingerprint density at radius 3 is 2.26 bits per heavy atom. The average molecular weight is 258 g/mol. The molecule has 104 valence electrons. The summed E-state index contributed by atoms with van der Waals surface area (Å²) in [6, 6.07) is 6.11. The van der Waals surface area contributed by atoms with Crippen LogP contribution in [-0.4, -0.2) is 4.98 Å². The summed E-state index contributed by atoms with van der Waals surface area (Å²) in [7, 11) is 0. The van der Waals surface area contributed by atoms with Gasteiger partial charge in [-0.15, -0.1) is 0 Å². The van der Waals surface area contributed by atoms with Crippen LogP contribution in [0.15, 0.2) is 18.3 Å². The first-order valence-electron chi connectivity index (χ1n) is 7.72. The van der Waals surface area contributed by atoms with Gasteiger partial charge >= 0.3 is 0 Å². The van der Waals surface area contributed by atoms with E-state index in [0.29, 0.717) is 5.69 Å². The minimum absolute atomic E-state index is 0.599. The summed E-state index contributed by atoms with van der Waals surface area (Å²) in [5, 5.41) is 8.95. The second-order valence-corrected chi connectivity index (χ2v) is 5.20. The van der Waals surface area contributed by atoms with Gasteiger partial charge in [-0.25, -0.2) is 4.98 Å². The third-order valence-corrected chi connectivity index (χ3v) is 3.55.